The van der Waals surface area contributed by atoms with E-state index >= 15 is 0 Å². The summed E-state index contributed by atoms with van der Waals surface area (Å²) in [4.78, 5) is 6.82. The fraction of sp³-hybridized carbons (Fsp3) is 0.737. The molecule has 1 aliphatic heterocycles. The molecule has 0 radical (unpaired) electrons. The molecule has 1 aliphatic carbocycles. The van der Waals surface area contributed by atoms with Gasteiger partial charge in [0.1, 0.15) is 0 Å². The van der Waals surface area contributed by atoms with Crippen LogP contribution in [0.25, 0.3) is 0 Å². The predicted molar refractivity (Wildman–Crippen MR) is 93.1 cm³/mol. The average Bonchev–Trinajstić information content (AvgIpc) is 2.81. The van der Waals surface area contributed by atoms with Crippen LogP contribution < -0.4 is 5.32 Å². The van der Waals surface area contributed by atoms with Gasteiger partial charge in [0, 0.05) is 42.5 Å². The largest absolute Gasteiger partial charge is 0.391 e. The number of aliphatic hydroxyl groups is 1. The minimum atomic E-state index is -0.224. The molecule has 4 nitrogen and oxygen atoms in total. The third kappa shape index (κ3) is 3.17. The van der Waals surface area contributed by atoms with Crippen molar-refractivity contribution in [2.24, 2.45) is 11.3 Å². The summed E-state index contributed by atoms with van der Waals surface area (Å²) in [5, 5.41) is 14.2. The molecule has 23 heavy (non-hydrogen) atoms. The highest BCUT2D eigenvalue weighted by atomic mass is 16.3. The van der Waals surface area contributed by atoms with E-state index in [0.717, 1.165) is 38.2 Å². The maximum absolute atomic E-state index is 10.6. The van der Waals surface area contributed by atoms with Crippen molar-refractivity contribution < 1.29 is 5.11 Å². The Kier molecular flexibility index (Phi) is 4.77. The molecule has 1 spiro atoms. The number of likely N-dealkylation sites (tertiary alicyclic amines) is 1. The first-order chi connectivity index (χ1) is 10.9. The predicted octanol–water partition coefficient (Wildman–Crippen LogP) is 2.35. The summed E-state index contributed by atoms with van der Waals surface area (Å²) in [6.07, 6.45) is 3.67. The summed E-state index contributed by atoms with van der Waals surface area (Å²) < 4.78 is 0. The molecule has 2 heterocycles. The molecule has 1 saturated heterocycles. The van der Waals surface area contributed by atoms with Crippen LogP contribution in [0.15, 0.2) is 18.3 Å². The zero-order valence-electron chi connectivity index (χ0n) is 14.9. The van der Waals surface area contributed by atoms with E-state index in [1.54, 1.807) is 0 Å². The molecule has 2 N–H and O–H groups in total. The zero-order chi connectivity index (χ0) is 16.6. The molecule has 3 rings (SSSR count). The molecule has 1 saturated carbocycles. The van der Waals surface area contributed by atoms with Crippen LogP contribution in [0.3, 0.4) is 0 Å². The summed E-state index contributed by atoms with van der Waals surface area (Å²) in [6, 6.07) is 5.00. The van der Waals surface area contributed by atoms with Crippen LogP contribution in [0.4, 0.5) is 0 Å². The third-order valence-electron chi connectivity index (χ3n) is 5.81. The van der Waals surface area contributed by atoms with Crippen LogP contribution in [-0.2, 0) is 6.54 Å². The van der Waals surface area contributed by atoms with Crippen molar-refractivity contribution in [3.8, 4) is 0 Å². The molecule has 1 aromatic heterocycles. The number of aliphatic hydroxyl groups excluding tert-OH is 1. The summed E-state index contributed by atoms with van der Waals surface area (Å²) in [5.74, 6) is 0.650. The second kappa shape index (κ2) is 6.50. The molecule has 4 heteroatoms. The lowest BCUT2D eigenvalue weighted by atomic mass is 9.65. The van der Waals surface area contributed by atoms with E-state index in [0.29, 0.717) is 17.4 Å². The first-order valence-corrected chi connectivity index (χ1v) is 9.02. The molecule has 2 aliphatic rings. The van der Waals surface area contributed by atoms with Gasteiger partial charge < -0.3 is 10.4 Å². The fourth-order valence-corrected chi connectivity index (χ4v) is 5.07. The molecule has 0 bridgehead atoms. The Balaban J connectivity index is 1.63. The van der Waals surface area contributed by atoms with E-state index in [-0.39, 0.29) is 12.1 Å². The lowest BCUT2D eigenvalue weighted by Gasteiger charge is -2.58. The summed E-state index contributed by atoms with van der Waals surface area (Å²) >= 11 is 0. The van der Waals surface area contributed by atoms with Gasteiger partial charge in [-0.1, -0.05) is 20.8 Å². The van der Waals surface area contributed by atoms with Gasteiger partial charge in [-0.05, 0) is 49.9 Å². The highest BCUT2D eigenvalue weighted by Crippen LogP contribution is 2.52. The SMILES string of the molecule is CCN1CC2(C[C@@H](O)[C@H](NCc3ccnc(C)c3)C2)C1C(C)C. The lowest BCUT2D eigenvalue weighted by Crippen LogP contribution is -2.65. The number of rotatable bonds is 5. The van der Waals surface area contributed by atoms with Crippen molar-refractivity contribution >= 4 is 0 Å². The molecule has 1 aromatic rings. The second-order valence-electron chi connectivity index (χ2n) is 7.88. The Morgan fingerprint density at radius 2 is 2.22 bits per heavy atom. The highest BCUT2D eigenvalue weighted by Gasteiger charge is 2.58. The van der Waals surface area contributed by atoms with Crippen LogP contribution in [0.2, 0.25) is 0 Å². The van der Waals surface area contributed by atoms with Crippen molar-refractivity contribution in [1.29, 1.82) is 0 Å². The normalized spacial score (nSPS) is 34.3. The van der Waals surface area contributed by atoms with Gasteiger partial charge in [0.25, 0.3) is 0 Å². The van der Waals surface area contributed by atoms with E-state index in [4.69, 9.17) is 0 Å². The quantitative estimate of drug-likeness (QED) is 0.875. The molecule has 2 fully saturated rings. The monoisotopic (exact) mass is 317 g/mol. The summed E-state index contributed by atoms with van der Waals surface area (Å²) in [7, 11) is 0. The minimum Gasteiger partial charge on any atom is -0.391 e. The zero-order valence-corrected chi connectivity index (χ0v) is 14.9. The maximum Gasteiger partial charge on any atom is 0.0699 e. The van der Waals surface area contributed by atoms with Gasteiger partial charge in [-0.3, -0.25) is 9.88 Å². The standard InChI is InChI=1S/C19H31N3O/c1-5-22-12-19(18(22)13(2)3)9-16(17(23)10-19)21-11-15-6-7-20-14(4)8-15/h6-8,13,16-18,21,23H,5,9-12H2,1-4H3/t16-,17-,18?,19?/m1/s1. The van der Waals surface area contributed by atoms with Crippen LogP contribution in [-0.4, -0.2) is 46.3 Å². The van der Waals surface area contributed by atoms with Crippen LogP contribution in [0.1, 0.15) is 44.9 Å². The van der Waals surface area contributed by atoms with Crippen molar-refractivity contribution in [2.45, 2.75) is 65.3 Å². The Morgan fingerprint density at radius 3 is 2.87 bits per heavy atom. The number of nitrogens with zero attached hydrogens (tertiary/aromatic N) is 2. The summed E-state index contributed by atoms with van der Waals surface area (Å²) in [5.41, 5.74) is 2.61. The lowest BCUT2D eigenvalue weighted by molar-refractivity contribution is -0.0964. The highest BCUT2D eigenvalue weighted by molar-refractivity contribution is 5.16. The van der Waals surface area contributed by atoms with Gasteiger partial charge in [-0.25, -0.2) is 0 Å². The third-order valence-corrected chi connectivity index (χ3v) is 5.81. The van der Waals surface area contributed by atoms with E-state index in [2.05, 4.69) is 48.1 Å². The number of nitrogens with one attached hydrogen (secondary N) is 1. The smallest absolute Gasteiger partial charge is 0.0699 e. The Bertz CT molecular complexity index is 547. The molecule has 4 atom stereocenters. The van der Waals surface area contributed by atoms with E-state index in [9.17, 15) is 5.11 Å². The Hall–Kier alpha value is -0.970. The second-order valence-corrected chi connectivity index (χ2v) is 7.88. The first kappa shape index (κ1) is 16.9. The number of aryl methyl sites for hydroxylation is 1. The maximum atomic E-state index is 10.6. The molecule has 0 amide bonds. The van der Waals surface area contributed by atoms with Crippen LogP contribution >= 0.6 is 0 Å². The van der Waals surface area contributed by atoms with E-state index in [1.807, 2.05) is 13.1 Å². The number of pyridine rings is 1. The van der Waals surface area contributed by atoms with Crippen molar-refractivity contribution in [1.82, 2.24) is 15.2 Å². The van der Waals surface area contributed by atoms with Crippen molar-refractivity contribution in [3.63, 3.8) is 0 Å². The Morgan fingerprint density at radius 1 is 1.43 bits per heavy atom. The van der Waals surface area contributed by atoms with Gasteiger partial charge >= 0.3 is 0 Å². The average molecular weight is 317 g/mol. The number of hydrogen-bond acceptors (Lipinski definition) is 4. The summed E-state index contributed by atoms with van der Waals surface area (Å²) in [6.45, 7) is 12.0. The molecule has 0 aromatic carbocycles. The van der Waals surface area contributed by atoms with Gasteiger partial charge in [0.05, 0.1) is 6.10 Å². The van der Waals surface area contributed by atoms with Crippen molar-refractivity contribution in [2.75, 3.05) is 13.1 Å². The van der Waals surface area contributed by atoms with Crippen molar-refractivity contribution in [3.05, 3.63) is 29.6 Å². The first-order valence-electron chi connectivity index (χ1n) is 9.02. The van der Waals surface area contributed by atoms with Crippen LogP contribution in [0, 0.1) is 18.3 Å². The van der Waals surface area contributed by atoms with Gasteiger partial charge in [-0.2, -0.15) is 0 Å². The van der Waals surface area contributed by atoms with E-state index < -0.39 is 0 Å². The minimum absolute atomic E-state index is 0.212. The Labute approximate surface area is 140 Å². The fourth-order valence-electron chi connectivity index (χ4n) is 5.07. The van der Waals surface area contributed by atoms with Crippen LogP contribution in [0.5, 0.6) is 0 Å². The van der Waals surface area contributed by atoms with Gasteiger partial charge in [-0.15, -0.1) is 0 Å². The molecule has 128 valence electrons. The topological polar surface area (TPSA) is 48.4 Å². The molecular weight excluding hydrogens is 286 g/mol. The van der Waals surface area contributed by atoms with E-state index in [1.165, 1.54) is 5.56 Å². The molecular formula is C19H31N3O. The molecule has 2 unspecified atom stereocenters. The number of aromatic nitrogens is 1. The number of hydrogen-bond donors (Lipinski definition) is 2. The van der Waals surface area contributed by atoms with Gasteiger partial charge in [0.2, 0.25) is 0 Å². The van der Waals surface area contributed by atoms with Gasteiger partial charge in [0.15, 0.2) is 0 Å².